The number of anilines is 1. The van der Waals surface area contributed by atoms with Gasteiger partial charge in [-0.3, -0.25) is 0 Å². The number of hydrogen-bond acceptors (Lipinski definition) is 4. The summed E-state index contributed by atoms with van der Waals surface area (Å²) in [6.45, 7) is 6.59. The van der Waals surface area contributed by atoms with Gasteiger partial charge in [0.1, 0.15) is 0 Å². The Balaban J connectivity index is 2.40. The molecule has 0 aliphatic carbocycles. The van der Waals surface area contributed by atoms with E-state index in [-0.39, 0.29) is 0 Å². The maximum absolute atomic E-state index is 3.97. The largest absolute Gasteiger partial charge is 0.358 e. The highest BCUT2D eigenvalue weighted by Gasteiger charge is 2.07. The lowest BCUT2D eigenvalue weighted by Crippen LogP contribution is -2.17. The number of nitrogens with one attached hydrogen (secondary N) is 1. The van der Waals surface area contributed by atoms with E-state index in [9.17, 15) is 0 Å². The second-order valence-electron chi connectivity index (χ2n) is 3.54. The van der Waals surface area contributed by atoms with Crippen molar-refractivity contribution in [2.24, 2.45) is 5.92 Å². The molecular weight excluding hydrogens is 250 g/mol. The smallest absolute Gasteiger partial charge is 0.206 e. The Labute approximate surface area is 91.1 Å². The van der Waals surface area contributed by atoms with Gasteiger partial charge in [-0.25, -0.2) is 0 Å². The molecule has 3 nitrogen and oxygen atoms in total. The van der Waals surface area contributed by atoms with Gasteiger partial charge in [0, 0.05) is 6.04 Å². The summed E-state index contributed by atoms with van der Waals surface area (Å²) in [7, 11) is 0. The summed E-state index contributed by atoms with van der Waals surface area (Å²) in [6.07, 6.45) is 1.15. The Kier molecular flexibility index (Phi) is 4.12. The van der Waals surface area contributed by atoms with Gasteiger partial charge in [0.05, 0.1) is 0 Å². The van der Waals surface area contributed by atoms with Crippen molar-refractivity contribution in [3.8, 4) is 0 Å². The number of rotatable bonds is 4. The SMILES string of the molecule is CC(C)CC(C)Nc1nnc(Br)s1. The van der Waals surface area contributed by atoms with E-state index in [0.717, 1.165) is 15.5 Å². The highest BCUT2D eigenvalue weighted by atomic mass is 79.9. The lowest BCUT2D eigenvalue weighted by atomic mass is 10.1. The van der Waals surface area contributed by atoms with Crippen LogP contribution < -0.4 is 5.32 Å². The molecular formula is C8H14BrN3S. The highest BCUT2D eigenvalue weighted by Crippen LogP contribution is 2.21. The normalized spacial score (nSPS) is 13.3. The molecule has 0 aromatic carbocycles. The van der Waals surface area contributed by atoms with Gasteiger partial charge < -0.3 is 5.32 Å². The van der Waals surface area contributed by atoms with Crippen LogP contribution in [0.2, 0.25) is 0 Å². The minimum atomic E-state index is 0.458. The third kappa shape index (κ3) is 4.04. The lowest BCUT2D eigenvalue weighted by molar-refractivity contribution is 0.539. The van der Waals surface area contributed by atoms with E-state index >= 15 is 0 Å². The maximum atomic E-state index is 3.97. The molecule has 0 saturated carbocycles. The molecule has 0 fully saturated rings. The van der Waals surface area contributed by atoms with E-state index < -0.39 is 0 Å². The second-order valence-corrected chi connectivity index (χ2v) is 5.79. The first-order valence-corrected chi connectivity index (χ1v) is 5.94. The summed E-state index contributed by atoms with van der Waals surface area (Å²) < 4.78 is 0.826. The van der Waals surface area contributed by atoms with Crippen molar-refractivity contribution in [1.82, 2.24) is 10.2 Å². The zero-order valence-corrected chi connectivity index (χ0v) is 10.4. The summed E-state index contributed by atoms with van der Waals surface area (Å²) in [4.78, 5) is 0. The molecule has 5 heteroatoms. The van der Waals surface area contributed by atoms with Crippen LogP contribution in [0.3, 0.4) is 0 Å². The van der Waals surface area contributed by atoms with Crippen molar-refractivity contribution in [3.05, 3.63) is 3.92 Å². The van der Waals surface area contributed by atoms with Crippen LogP contribution in [-0.2, 0) is 0 Å². The molecule has 74 valence electrons. The van der Waals surface area contributed by atoms with Crippen LogP contribution in [0.25, 0.3) is 0 Å². The lowest BCUT2D eigenvalue weighted by Gasteiger charge is -2.14. The number of hydrogen-bond donors (Lipinski definition) is 1. The van der Waals surface area contributed by atoms with Crippen molar-refractivity contribution in [1.29, 1.82) is 0 Å². The van der Waals surface area contributed by atoms with Gasteiger partial charge in [0.25, 0.3) is 0 Å². The molecule has 0 amide bonds. The van der Waals surface area contributed by atoms with E-state index in [2.05, 4.69) is 52.2 Å². The Bertz CT molecular complexity index is 262. The summed E-state index contributed by atoms with van der Waals surface area (Å²) >= 11 is 4.80. The predicted octanol–water partition coefficient (Wildman–Crippen LogP) is 3.15. The number of halogens is 1. The molecule has 1 rings (SSSR count). The van der Waals surface area contributed by atoms with E-state index in [1.807, 2.05) is 0 Å². The first-order chi connectivity index (χ1) is 6.08. The molecule has 0 aliphatic heterocycles. The summed E-state index contributed by atoms with van der Waals surface area (Å²) in [6, 6.07) is 0.458. The maximum Gasteiger partial charge on any atom is 0.206 e. The Morgan fingerprint density at radius 2 is 2.08 bits per heavy atom. The Hall–Kier alpha value is -0.160. The first kappa shape index (κ1) is 10.9. The molecule has 1 aromatic rings. The van der Waals surface area contributed by atoms with Crippen molar-refractivity contribution in [3.63, 3.8) is 0 Å². The third-order valence-electron chi connectivity index (χ3n) is 1.60. The minimum absolute atomic E-state index is 0.458. The van der Waals surface area contributed by atoms with Crippen LogP contribution in [0.4, 0.5) is 5.13 Å². The van der Waals surface area contributed by atoms with Gasteiger partial charge in [-0.2, -0.15) is 0 Å². The Morgan fingerprint density at radius 1 is 1.38 bits per heavy atom. The topological polar surface area (TPSA) is 37.8 Å². The van der Waals surface area contributed by atoms with Crippen LogP contribution in [0.1, 0.15) is 27.2 Å². The third-order valence-corrected chi connectivity index (χ3v) is 2.88. The van der Waals surface area contributed by atoms with E-state index in [0.29, 0.717) is 12.0 Å². The highest BCUT2D eigenvalue weighted by molar-refractivity contribution is 9.11. The van der Waals surface area contributed by atoms with Gasteiger partial charge in [-0.15, -0.1) is 10.2 Å². The van der Waals surface area contributed by atoms with Crippen molar-refractivity contribution in [2.75, 3.05) is 5.32 Å². The van der Waals surface area contributed by atoms with E-state index in [1.54, 1.807) is 0 Å². The molecule has 1 heterocycles. The van der Waals surface area contributed by atoms with Gasteiger partial charge in [0.15, 0.2) is 3.92 Å². The van der Waals surface area contributed by atoms with Gasteiger partial charge in [-0.1, -0.05) is 25.2 Å². The number of aromatic nitrogens is 2. The number of nitrogens with zero attached hydrogens (tertiary/aromatic N) is 2. The fraction of sp³-hybridized carbons (Fsp3) is 0.750. The minimum Gasteiger partial charge on any atom is -0.358 e. The quantitative estimate of drug-likeness (QED) is 0.907. The standard InChI is InChI=1S/C8H14BrN3S/c1-5(2)4-6(3)10-8-12-11-7(9)13-8/h5-6H,4H2,1-3H3,(H,10,12). The van der Waals surface area contributed by atoms with Crippen LogP contribution in [-0.4, -0.2) is 16.2 Å². The zero-order valence-electron chi connectivity index (χ0n) is 8.04. The van der Waals surface area contributed by atoms with Crippen LogP contribution in [0.5, 0.6) is 0 Å². The molecule has 0 radical (unpaired) electrons. The van der Waals surface area contributed by atoms with Crippen molar-refractivity contribution in [2.45, 2.75) is 33.2 Å². The molecule has 1 unspecified atom stereocenters. The van der Waals surface area contributed by atoms with Crippen molar-refractivity contribution >= 4 is 32.4 Å². The van der Waals surface area contributed by atoms with Crippen LogP contribution in [0, 0.1) is 5.92 Å². The molecule has 0 bridgehead atoms. The molecule has 13 heavy (non-hydrogen) atoms. The fourth-order valence-corrected chi connectivity index (χ4v) is 2.36. The first-order valence-electron chi connectivity index (χ1n) is 4.33. The average molecular weight is 264 g/mol. The molecule has 1 N–H and O–H groups in total. The molecule has 0 saturated heterocycles. The monoisotopic (exact) mass is 263 g/mol. The summed E-state index contributed by atoms with van der Waals surface area (Å²) in [5.41, 5.74) is 0. The summed E-state index contributed by atoms with van der Waals surface area (Å²) in [5.74, 6) is 0.707. The molecule has 1 aromatic heterocycles. The zero-order chi connectivity index (χ0) is 9.84. The molecule has 0 spiro atoms. The predicted molar refractivity (Wildman–Crippen MR) is 60.1 cm³/mol. The van der Waals surface area contributed by atoms with Gasteiger partial charge in [0.2, 0.25) is 5.13 Å². The fourth-order valence-electron chi connectivity index (χ4n) is 1.24. The molecule has 0 aliphatic rings. The average Bonchev–Trinajstić information content (AvgIpc) is 2.33. The van der Waals surface area contributed by atoms with Crippen molar-refractivity contribution < 1.29 is 0 Å². The second kappa shape index (κ2) is 4.91. The van der Waals surface area contributed by atoms with E-state index in [4.69, 9.17) is 0 Å². The van der Waals surface area contributed by atoms with Crippen LogP contribution >= 0.6 is 27.3 Å². The van der Waals surface area contributed by atoms with Gasteiger partial charge >= 0.3 is 0 Å². The Morgan fingerprint density at radius 3 is 2.54 bits per heavy atom. The van der Waals surface area contributed by atoms with Crippen LogP contribution in [0.15, 0.2) is 3.92 Å². The van der Waals surface area contributed by atoms with E-state index in [1.165, 1.54) is 11.3 Å². The molecule has 1 atom stereocenters. The van der Waals surface area contributed by atoms with Gasteiger partial charge in [-0.05, 0) is 35.2 Å². The summed E-state index contributed by atoms with van der Waals surface area (Å²) in [5, 5.41) is 12.0.